The van der Waals surface area contributed by atoms with E-state index in [9.17, 15) is 13.6 Å². The Balaban J connectivity index is 2.12. The van der Waals surface area contributed by atoms with Crippen molar-refractivity contribution in [2.45, 2.75) is 52.7 Å². The summed E-state index contributed by atoms with van der Waals surface area (Å²) in [7, 11) is 0. The summed E-state index contributed by atoms with van der Waals surface area (Å²) in [5.74, 6) is 0.851. The van der Waals surface area contributed by atoms with Crippen molar-refractivity contribution in [2.75, 3.05) is 6.61 Å². The average Bonchev–Trinajstić information content (AvgIpc) is 2.53. The fourth-order valence-electron chi connectivity index (χ4n) is 3.15. The highest BCUT2D eigenvalue weighted by atomic mass is 19.3. The first-order chi connectivity index (χ1) is 11.4. The Labute approximate surface area is 141 Å². The van der Waals surface area contributed by atoms with E-state index >= 15 is 0 Å². The zero-order valence-electron chi connectivity index (χ0n) is 14.4. The van der Waals surface area contributed by atoms with Gasteiger partial charge in [-0.3, -0.25) is 4.79 Å². The van der Waals surface area contributed by atoms with Crippen molar-refractivity contribution in [3.05, 3.63) is 23.8 Å². The highest BCUT2D eigenvalue weighted by Crippen LogP contribution is 2.31. The molecule has 0 aliphatic heterocycles. The van der Waals surface area contributed by atoms with Crippen molar-refractivity contribution in [1.29, 1.82) is 0 Å². The molecule has 0 radical (unpaired) electrons. The topological polar surface area (TPSA) is 47.6 Å². The van der Waals surface area contributed by atoms with Gasteiger partial charge in [-0.1, -0.05) is 26.7 Å². The minimum atomic E-state index is -2.94. The summed E-state index contributed by atoms with van der Waals surface area (Å²) in [4.78, 5) is 12.5. The molecule has 1 N–H and O–H groups in total. The summed E-state index contributed by atoms with van der Waals surface area (Å²) in [6.45, 7) is 3.45. The van der Waals surface area contributed by atoms with Crippen molar-refractivity contribution in [3.8, 4) is 11.5 Å². The van der Waals surface area contributed by atoms with E-state index in [1.807, 2.05) is 0 Å². The first-order valence-corrected chi connectivity index (χ1v) is 8.44. The van der Waals surface area contributed by atoms with Crippen LogP contribution in [-0.2, 0) is 0 Å². The van der Waals surface area contributed by atoms with E-state index < -0.39 is 6.61 Å². The van der Waals surface area contributed by atoms with E-state index in [4.69, 9.17) is 4.74 Å². The number of carbonyl (C=O) groups is 1. The predicted molar refractivity (Wildman–Crippen MR) is 87.7 cm³/mol. The molecule has 1 aromatic carbocycles. The van der Waals surface area contributed by atoms with Crippen LogP contribution in [0.3, 0.4) is 0 Å². The molecule has 24 heavy (non-hydrogen) atoms. The van der Waals surface area contributed by atoms with Crippen LogP contribution in [-0.4, -0.2) is 25.2 Å². The predicted octanol–water partition coefficient (Wildman–Crippen LogP) is 4.24. The molecule has 1 amide bonds. The SMILES string of the molecule is CCOc1cc(C(=O)N[C@H]2CCC[C@H](C)[C@@H]2C)ccc1OC(F)F. The molecule has 3 atom stereocenters. The van der Waals surface area contributed by atoms with Gasteiger partial charge in [-0.25, -0.2) is 0 Å². The Morgan fingerprint density at radius 3 is 2.71 bits per heavy atom. The van der Waals surface area contributed by atoms with Crippen LogP contribution < -0.4 is 14.8 Å². The van der Waals surface area contributed by atoms with Crippen LogP contribution in [0.5, 0.6) is 11.5 Å². The van der Waals surface area contributed by atoms with Crippen molar-refractivity contribution in [2.24, 2.45) is 11.8 Å². The quantitative estimate of drug-likeness (QED) is 0.842. The number of benzene rings is 1. The van der Waals surface area contributed by atoms with E-state index in [1.54, 1.807) is 6.92 Å². The Morgan fingerprint density at radius 1 is 1.29 bits per heavy atom. The van der Waals surface area contributed by atoms with Crippen molar-refractivity contribution >= 4 is 5.91 Å². The van der Waals surface area contributed by atoms with Gasteiger partial charge in [0.1, 0.15) is 0 Å². The van der Waals surface area contributed by atoms with Crippen LogP contribution in [0.4, 0.5) is 8.78 Å². The van der Waals surface area contributed by atoms with Crippen molar-refractivity contribution < 1.29 is 23.0 Å². The second-order valence-electron chi connectivity index (χ2n) is 6.32. The molecule has 0 spiro atoms. The molecule has 134 valence electrons. The molecule has 0 unspecified atom stereocenters. The van der Waals surface area contributed by atoms with Crippen LogP contribution in [0.2, 0.25) is 0 Å². The Bertz CT molecular complexity index is 565. The van der Waals surface area contributed by atoms with Gasteiger partial charge in [0, 0.05) is 11.6 Å². The van der Waals surface area contributed by atoms with E-state index in [-0.39, 0.29) is 23.4 Å². The lowest BCUT2D eigenvalue weighted by atomic mass is 9.78. The molecule has 0 aromatic heterocycles. The Morgan fingerprint density at radius 2 is 2.04 bits per heavy atom. The largest absolute Gasteiger partial charge is 0.490 e. The van der Waals surface area contributed by atoms with Crippen LogP contribution in [0.1, 0.15) is 50.4 Å². The number of ether oxygens (including phenoxy) is 2. The Kier molecular flexibility index (Phi) is 6.40. The van der Waals surface area contributed by atoms with Gasteiger partial charge < -0.3 is 14.8 Å². The van der Waals surface area contributed by atoms with E-state index in [0.717, 1.165) is 12.8 Å². The van der Waals surface area contributed by atoms with Gasteiger partial charge >= 0.3 is 6.61 Å². The molecule has 1 saturated carbocycles. The minimum Gasteiger partial charge on any atom is -0.490 e. The molecule has 6 heteroatoms. The van der Waals surface area contributed by atoms with Gasteiger partial charge in [-0.05, 0) is 43.4 Å². The van der Waals surface area contributed by atoms with Gasteiger partial charge in [-0.15, -0.1) is 0 Å². The number of amides is 1. The summed E-state index contributed by atoms with van der Waals surface area (Å²) in [6, 6.07) is 4.41. The lowest BCUT2D eigenvalue weighted by Gasteiger charge is -2.34. The third-order valence-corrected chi connectivity index (χ3v) is 4.75. The molecule has 1 fully saturated rings. The second kappa shape index (κ2) is 8.31. The summed E-state index contributed by atoms with van der Waals surface area (Å²) in [5, 5.41) is 3.06. The number of rotatable bonds is 6. The molecule has 0 saturated heterocycles. The molecule has 1 aliphatic rings. The lowest BCUT2D eigenvalue weighted by molar-refractivity contribution is -0.0514. The second-order valence-corrected chi connectivity index (χ2v) is 6.32. The zero-order valence-corrected chi connectivity index (χ0v) is 14.4. The number of halogens is 2. The molecular weight excluding hydrogens is 316 g/mol. The van der Waals surface area contributed by atoms with Crippen LogP contribution >= 0.6 is 0 Å². The van der Waals surface area contributed by atoms with Gasteiger partial charge in [-0.2, -0.15) is 8.78 Å². The van der Waals surface area contributed by atoms with Crippen LogP contribution in [0, 0.1) is 11.8 Å². The maximum atomic E-state index is 12.5. The summed E-state index contributed by atoms with van der Waals surface area (Å²) < 4.78 is 34.6. The van der Waals surface area contributed by atoms with Crippen LogP contribution in [0.15, 0.2) is 18.2 Å². The lowest BCUT2D eigenvalue weighted by Crippen LogP contribution is -2.43. The monoisotopic (exact) mass is 341 g/mol. The molecular formula is C18H25F2NO3. The number of alkyl halides is 2. The maximum absolute atomic E-state index is 12.5. The zero-order chi connectivity index (χ0) is 17.7. The average molecular weight is 341 g/mol. The Hall–Kier alpha value is -1.85. The molecule has 0 bridgehead atoms. The highest BCUT2D eigenvalue weighted by molar-refractivity contribution is 5.95. The smallest absolute Gasteiger partial charge is 0.387 e. The number of hydrogen-bond acceptors (Lipinski definition) is 3. The van der Waals surface area contributed by atoms with Gasteiger partial charge in [0.2, 0.25) is 0 Å². The fraction of sp³-hybridized carbons (Fsp3) is 0.611. The van der Waals surface area contributed by atoms with Crippen LogP contribution in [0.25, 0.3) is 0 Å². The first kappa shape index (κ1) is 18.5. The highest BCUT2D eigenvalue weighted by Gasteiger charge is 2.28. The molecule has 4 nitrogen and oxygen atoms in total. The molecule has 0 heterocycles. The molecule has 1 aliphatic carbocycles. The summed E-state index contributed by atoms with van der Waals surface area (Å²) in [5.41, 5.74) is 0.380. The third-order valence-electron chi connectivity index (χ3n) is 4.75. The minimum absolute atomic E-state index is 0.0666. The van der Waals surface area contributed by atoms with Gasteiger partial charge in [0.05, 0.1) is 6.61 Å². The maximum Gasteiger partial charge on any atom is 0.387 e. The van der Waals surface area contributed by atoms with Crippen molar-refractivity contribution in [1.82, 2.24) is 5.32 Å². The third kappa shape index (κ3) is 4.58. The standard InChI is InChI=1S/C18H25F2NO3/c1-4-23-16-10-13(8-9-15(16)24-18(19)20)17(22)21-14-7-5-6-11(2)12(14)3/h8-12,14,18H,4-7H2,1-3H3,(H,21,22)/t11-,12-,14-/m0/s1. The number of nitrogens with one attached hydrogen (secondary N) is 1. The van der Waals surface area contributed by atoms with E-state index in [2.05, 4.69) is 23.9 Å². The first-order valence-electron chi connectivity index (χ1n) is 8.44. The van der Waals surface area contributed by atoms with Gasteiger partial charge in [0.15, 0.2) is 11.5 Å². The molecule has 1 aromatic rings. The van der Waals surface area contributed by atoms with E-state index in [1.165, 1.54) is 24.6 Å². The van der Waals surface area contributed by atoms with Crippen molar-refractivity contribution in [3.63, 3.8) is 0 Å². The van der Waals surface area contributed by atoms with Gasteiger partial charge in [0.25, 0.3) is 5.91 Å². The molecule has 2 rings (SSSR count). The fourth-order valence-corrected chi connectivity index (χ4v) is 3.15. The van der Waals surface area contributed by atoms with E-state index in [0.29, 0.717) is 24.0 Å². The number of hydrogen-bond donors (Lipinski definition) is 1. The normalized spacial score (nSPS) is 23.8. The summed E-state index contributed by atoms with van der Waals surface area (Å²) >= 11 is 0. The number of carbonyl (C=O) groups excluding carboxylic acids is 1. The summed E-state index contributed by atoms with van der Waals surface area (Å²) in [6.07, 6.45) is 3.24.